The van der Waals surface area contributed by atoms with E-state index >= 15 is 0 Å². The molecule has 0 bridgehead atoms. The van der Waals surface area contributed by atoms with Crippen LogP contribution in [0.5, 0.6) is 5.75 Å². The number of carbonyl (C=O) groups excluding carboxylic acids is 1. The molecule has 9 nitrogen and oxygen atoms in total. The van der Waals surface area contributed by atoms with Crippen LogP contribution in [0.25, 0.3) is 0 Å². The second-order valence-electron chi connectivity index (χ2n) is 8.11. The smallest absolute Gasteiger partial charge is 0.265 e. The molecule has 4 rings (SSSR count). The van der Waals surface area contributed by atoms with Crippen molar-refractivity contribution in [2.75, 3.05) is 62.8 Å². The highest BCUT2D eigenvalue weighted by Crippen LogP contribution is 2.31. The molecule has 1 unspecified atom stereocenters. The number of morpholine rings is 2. The second-order valence-corrected chi connectivity index (χ2v) is 10.0. The van der Waals surface area contributed by atoms with Gasteiger partial charge < -0.3 is 24.4 Å². The van der Waals surface area contributed by atoms with E-state index in [1.54, 1.807) is 30.3 Å². The van der Waals surface area contributed by atoms with Gasteiger partial charge in [-0.1, -0.05) is 25.1 Å². The highest BCUT2D eigenvalue weighted by Gasteiger charge is 2.29. The maximum Gasteiger partial charge on any atom is 0.265 e. The Kier molecular flexibility index (Phi) is 8.04. The predicted molar refractivity (Wildman–Crippen MR) is 129 cm³/mol. The zero-order valence-electron chi connectivity index (χ0n) is 19.3. The molecule has 1 amide bonds. The van der Waals surface area contributed by atoms with E-state index in [4.69, 9.17) is 14.2 Å². The van der Waals surface area contributed by atoms with Gasteiger partial charge in [0.25, 0.3) is 5.91 Å². The Morgan fingerprint density at radius 3 is 2.29 bits per heavy atom. The van der Waals surface area contributed by atoms with Crippen molar-refractivity contribution in [1.82, 2.24) is 4.31 Å². The number of hydrogen-bond acceptors (Lipinski definition) is 7. The molecule has 0 saturated carbocycles. The third-order valence-corrected chi connectivity index (χ3v) is 7.76. The molecule has 2 fully saturated rings. The quantitative estimate of drug-likeness (QED) is 0.608. The highest BCUT2D eigenvalue weighted by atomic mass is 32.2. The van der Waals surface area contributed by atoms with E-state index in [-0.39, 0.29) is 10.8 Å². The average molecular weight is 490 g/mol. The minimum atomic E-state index is -3.71. The van der Waals surface area contributed by atoms with Crippen molar-refractivity contribution in [3.8, 4) is 5.75 Å². The molecule has 10 heteroatoms. The van der Waals surface area contributed by atoms with E-state index in [0.29, 0.717) is 70.5 Å². The van der Waals surface area contributed by atoms with Gasteiger partial charge in [0, 0.05) is 26.2 Å². The molecule has 2 aliphatic rings. The molecule has 2 heterocycles. The molecule has 2 saturated heterocycles. The van der Waals surface area contributed by atoms with Gasteiger partial charge in [-0.2, -0.15) is 4.31 Å². The first kappa shape index (κ1) is 24.5. The molecule has 2 aromatic rings. The Morgan fingerprint density at radius 1 is 1.00 bits per heavy atom. The van der Waals surface area contributed by atoms with Crippen LogP contribution in [0, 0.1) is 0 Å². The lowest BCUT2D eigenvalue weighted by Gasteiger charge is -2.31. The molecule has 0 radical (unpaired) electrons. The molecule has 184 valence electrons. The summed E-state index contributed by atoms with van der Waals surface area (Å²) < 4.78 is 44.5. The molecule has 1 N–H and O–H groups in total. The fourth-order valence-electron chi connectivity index (χ4n) is 3.99. The minimum Gasteiger partial charge on any atom is -0.481 e. The Hall–Kier alpha value is -2.66. The van der Waals surface area contributed by atoms with Crippen LogP contribution >= 0.6 is 0 Å². The maximum absolute atomic E-state index is 13.2. The van der Waals surface area contributed by atoms with Crippen LogP contribution in [0.4, 0.5) is 11.4 Å². The lowest BCUT2D eigenvalue weighted by atomic mass is 10.2. The van der Waals surface area contributed by atoms with Gasteiger partial charge in [-0.25, -0.2) is 8.42 Å². The van der Waals surface area contributed by atoms with Crippen LogP contribution < -0.4 is 15.0 Å². The first-order valence-corrected chi connectivity index (χ1v) is 13.0. The predicted octanol–water partition coefficient (Wildman–Crippen LogP) is 2.34. The van der Waals surface area contributed by atoms with Gasteiger partial charge in [0.15, 0.2) is 6.10 Å². The van der Waals surface area contributed by atoms with Crippen molar-refractivity contribution in [3.05, 3.63) is 48.5 Å². The fraction of sp³-hybridized carbons (Fsp3) is 0.458. The fourth-order valence-corrected chi connectivity index (χ4v) is 5.43. The summed E-state index contributed by atoms with van der Waals surface area (Å²) in [4.78, 5) is 15.4. The summed E-state index contributed by atoms with van der Waals surface area (Å²) in [5.41, 5.74) is 1.20. The normalized spacial score (nSPS) is 18.3. The number of benzene rings is 2. The standard InChI is InChI=1S/C24H31N3O6S/c1-2-23(33-19-6-4-3-5-7-19)24(28)25-21-18-20(34(29,30)27-12-16-32-17-13-27)8-9-22(21)26-10-14-31-15-11-26/h3-9,18,23H,2,10-17H2,1H3,(H,25,28). The summed E-state index contributed by atoms with van der Waals surface area (Å²) in [5.74, 6) is 0.267. The number of rotatable bonds is 8. The van der Waals surface area contributed by atoms with Crippen molar-refractivity contribution in [3.63, 3.8) is 0 Å². The van der Waals surface area contributed by atoms with Gasteiger partial charge in [0.2, 0.25) is 10.0 Å². The van der Waals surface area contributed by atoms with Gasteiger partial charge in [-0.05, 0) is 36.8 Å². The zero-order chi connectivity index (χ0) is 24.0. The van der Waals surface area contributed by atoms with Crippen LogP contribution in [-0.4, -0.2) is 77.3 Å². The van der Waals surface area contributed by atoms with E-state index in [0.717, 1.165) is 5.69 Å². The molecular weight excluding hydrogens is 458 g/mol. The minimum absolute atomic E-state index is 0.138. The number of nitrogens with zero attached hydrogens (tertiary/aromatic N) is 2. The monoisotopic (exact) mass is 489 g/mol. The van der Waals surface area contributed by atoms with Crippen molar-refractivity contribution in [2.24, 2.45) is 0 Å². The van der Waals surface area contributed by atoms with Crippen molar-refractivity contribution < 1.29 is 27.4 Å². The average Bonchev–Trinajstić information content (AvgIpc) is 2.88. The van der Waals surface area contributed by atoms with E-state index in [9.17, 15) is 13.2 Å². The number of nitrogens with one attached hydrogen (secondary N) is 1. The van der Waals surface area contributed by atoms with Crippen molar-refractivity contribution in [1.29, 1.82) is 0 Å². The van der Waals surface area contributed by atoms with Gasteiger partial charge in [0.05, 0.1) is 42.7 Å². The summed E-state index contributed by atoms with van der Waals surface area (Å²) >= 11 is 0. The number of anilines is 2. The Balaban J connectivity index is 1.62. The number of amides is 1. The Morgan fingerprint density at radius 2 is 1.65 bits per heavy atom. The van der Waals surface area contributed by atoms with Crippen LogP contribution in [-0.2, 0) is 24.3 Å². The maximum atomic E-state index is 13.2. The van der Waals surface area contributed by atoms with E-state index in [1.807, 2.05) is 25.1 Å². The molecular formula is C24H31N3O6S. The summed E-state index contributed by atoms with van der Waals surface area (Å²) in [6, 6.07) is 14.1. The summed E-state index contributed by atoms with van der Waals surface area (Å²) in [5, 5.41) is 2.94. The van der Waals surface area contributed by atoms with Gasteiger partial charge in [-0.15, -0.1) is 0 Å². The van der Waals surface area contributed by atoms with E-state index in [2.05, 4.69) is 10.2 Å². The van der Waals surface area contributed by atoms with E-state index in [1.165, 1.54) is 4.31 Å². The molecule has 0 spiro atoms. The largest absolute Gasteiger partial charge is 0.481 e. The number of carbonyl (C=O) groups is 1. The number of sulfonamides is 1. The first-order chi connectivity index (χ1) is 16.5. The van der Waals surface area contributed by atoms with Crippen LogP contribution in [0.1, 0.15) is 13.3 Å². The lowest BCUT2D eigenvalue weighted by molar-refractivity contribution is -0.122. The lowest BCUT2D eigenvalue weighted by Crippen LogP contribution is -2.41. The number of para-hydroxylation sites is 1. The third-order valence-electron chi connectivity index (χ3n) is 5.87. The molecule has 0 aromatic heterocycles. The third kappa shape index (κ3) is 5.69. The second kappa shape index (κ2) is 11.2. The molecule has 2 aromatic carbocycles. The van der Waals surface area contributed by atoms with Gasteiger partial charge in [0.1, 0.15) is 5.75 Å². The van der Waals surface area contributed by atoms with E-state index < -0.39 is 16.1 Å². The molecule has 2 aliphatic heterocycles. The molecule has 1 atom stereocenters. The first-order valence-electron chi connectivity index (χ1n) is 11.6. The topological polar surface area (TPSA) is 97.4 Å². The highest BCUT2D eigenvalue weighted by molar-refractivity contribution is 7.89. The Labute approximate surface area is 200 Å². The Bertz CT molecular complexity index is 1070. The molecule has 0 aliphatic carbocycles. The van der Waals surface area contributed by atoms with Crippen LogP contribution in [0.15, 0.2) is 53.4 Å². The SMILES string of the molecule is CCC(Oc1ccccc1)C(=O)Nc1cc(S(=O)(=O)N2CCOCC2)ccc1N1CCOCC1. The van der Waals surface area contributed by atoms with Crippen molar-refractivity contribution >= 4 is 27.3 Å². The van der Waals surface area contributed by atoms with Gasteiger partial charge >= 0.3 is 0 Å². The number of hydrogen-bond donors (Lipinski definition) is 1. The molecule has 34 heavy (non-hydrogen) atoms. The van der Waals surface area contributed by atoms with Crippen LogP contribution in [0.3, 0.4) is 0 Å². The number of ether oxygens (including phenoxy) is 3. The zero-order valence-corrected chi connectivity index (χ0v) is 20.1. The summed E-state index contributed by atoms with van der Waals surface area (Å²) in [6.45, 7) is 5.64. The van der Waals surface area contributed by atoms with Gasteiger partial charge in [-0.3, -0.25) is 4.79 Å². The van der Waals surface area contributed by atoms with Crippen LogP contribution in [0.2, 0.25) is 0 Å². The summed E-state index contributed by atoms with van der Waals surface area (Å²) in [6.07, 6.45) is -0.265. The van der Waals surface area contributed by atoms with Crippen molar-refractivity contribution in [2.45, 2.75) is 24.3 Å². The summed E-state index contributed by atoms with van der Waals surface area (Å²) in [7, 11) is -3.71.